The van der Waals surface area contributed by atoms with Crippen molar-refractivity contribution in [2.75, 3.05) is 0 Å². The zero-order chi connectivity index (χ0) is 15.2. The van der Waals surface area contributed by atoms with Gasteiger partial charge >= 0.3 is 0 Å². The molecule has 1 aromatic rings. The Hall–Kier alpha value is -0.490. The maximum Gasteiger partial charge on any atom is 0.0480 e. The van der Waals surface area contributed by atoms with Crippen molar-refractivity contribution in [3.05, 3.63) is 33.8 Å². The molecule has 1 rings (SSSR count). The highest BCUT2D eigenvalue weighted by Gasteiger charge is 2.28. The molecule has 0 nitrogen and oxygen atoms in total. The molecule has 0 fully saturated rings. The van der Waals surface area contributed by atoms with Gasteiger partial charge in [-0.3, -0.25) is 0 Å². The van der Waals surface area contributed by atoms with Gasteiger partial charge in [-0.25, -0.2) is 0 Å². The number of hydrogen-bond acceptors (Lipinski definition) is 0. The molecule has 0 atom stereocenters. The van der Waals surface area contributed by atoms with E-state index in [4.69, 9.17) is 11.6 Å². The van der Waals surface area contributed by atoms with Crippen molar-refractivity contribution in [1.82, 2.24) is 0 Å². The van der Waals surface area contributed by atoms with Crippen molar-refractivity contribution < 1.29 is 0 Å². The Morgan fingerprint density at radius 1 is 0.632 bits per heavy atom. The first-order valence-electron chi connectivity index (χ1n) is 7.09. The average molecular weight is 281 g/mol. The fraction of sp³-hybridized carbons (Fsp3) is 0.667. The standard InChI is InChI=1S/C18H29Cl/c1-16(2,3)12-10-13(17(4,5)6)15(19)14(11-12)18(7,8)9/h10-11H,1-9H3. The Bertz CT molecular complexity index is 427. The minimum Gasteiger partial charge on any atom is -0.0837 e. The molecule has 0 unspecified atom stereocenters. The van der Waals surface area contributed by atoms with Crippen LogP contribution < -0.4 is 0 Å². The van der Waals surface area contributed by atoms with Gasteiger partial charge < -0.3 is 0 Å². The molecule has 0 heterocycles. The van der Waals surface area contributed by atoms with E-state index in [1.54, 1.807) is 0 Å². The molecule has 0 bridgehead atoms. The molecule has 1 aromatic carbocycles. The van der Waals surface area contributed by atoms with E-state index in [9.17, 15) is 0 Å². The predicted molar refractivity (Wildman–Crippen MR) is 87.6 cm³/mol. The first-order valence-corrected chi connectivity index (χ1v) is 7.47. The summed E-state index contributed by atoms with van der Waals surface area (Å²) in [7, 11) is 0. The highest BCUT2D eigenvalue weighted by molar-refractivity contribution is 6.32. The third kappa shape index (κ3) is 3.75. The summed E-state index contributed by atoms with van der Waals surface area (Å²) in [6.07, 6.45) is 0. The van der Waals surface area contributed by atoms with Gasteiger partial charge in [0.2, 0.25) is 0 Å². The summed E-state index contributed by atoms with van der Waals surface area (Å²) in [5, 5.41) is 0.938. The topological polar surface area (TPSA) is 0 Å². The molecule has 0 aliphatic carbocycles. The molecule has 0 aliphatic heterocycles. The molecule has 0 spiro atoms. The SMILES string of the molecule is CC(C)(C)c1cc(C(C)(C)C)c(Cl)c(C(C)(C)C)c1. The second kappa shape index (κ2) is 4.81. The van der Waals surface area contributed by atoms with E-state index in [2.05, 4.69) is 74.4 Å². The van der Waals surface area contributed by atoms with Crippen molar-refractivity contribution in [2.45, 2.75) is 78.6 Å². The Labute approximate surface area is 124 Å². The third-order valence-electron chi connectivity index (χ3n) is 3.55. The fourth-order valence-electron chi connectivity index (χ4n) is 2.15. The van der Waals surface area contributed by atoms with Crippen LogP contribution in [0.5, 0.6) is 0 Å². The lowest BCUT2D eigenvalue weighted by molar-refractivity contribution is 0.548. The zero-order valence-electron chi connectivity index (χ0n) is 14.0. The Morgan fingerprint density at radius 3 is 1.16 bits per heavy atom. The van der Waals surface area contributed by atoms with Crippen LogP contribution in [0.1, 0.15) is 79.0 Å². The second-order valence-electron chi connectivity index (χ2n) is 8.64. The minimum atomic E-state index is 0.0678. The van der Waals surface area contributed by atoms with E-state index in [1.807, 2.05) is 0 Å². The van der Waals surface area contributed by atoms with Crippen molar-refractivity contribution in [2.24, 2.45) is 0 Å². The van der Waals surface area contributed by atoms with Crippen LogP contribution >= 0.6 is 11.6 Å². The van der Waals surface area contributed by atoms with Crippen LogP contribution in [-0.2, 0) is 16.2 Å². The Morgan fingerprint density at radius 2 is 0.947 bits per heavy atom. The fourth-order valence-corrected chi connectivity index (χ4v) is 2.83. The van der Waals surface area contributed by atoms with Crippen molar-refractivity contribution in [3.8, 4) is 0 Å². The summed E-state index contributed by atoms with van der Waals surface area (Å²) in [5.74, 6) is 0. The molecule has 0 amide bonds. The van der Waals surface area contributed by atoms with Gasteiger partial charge in [-0.1, -0.05) is 86.0 Å². The molecule has 19 heavy (non-hydrogen) atoms. The van der Waals surface area contributed by atoms with E-state index >= 15 is 0 Å². The van der Waals surface area contributed by atoms with E-state index in [-0.39, 0.29) is 16.2 Å². The molecule has 1 heteroatoms. The minimum absolute atomic E-state index is 0.0678. The highest BCUT2D eigenvalue weighted by Crippen LogP contribution is 2.40. The van der Waals surface area contributed by atoms with Gasteiger partial charge in [0.05, 0.1) is 0 Å². The van der Waals surface area contributed by atoms with E-state index in [0.29, 0.717) is 0 Å². The highest BCUT2D eigenvalue weighted by atomic mass is 35.5. The lowest BCUT2D eigenvalue weighted by Crippen LogP contribution is -2.21. The number of halogens is 1. The summed E-state index contributed by atoms with van der Waals surface area (Å²) in [4.78, 5) is 0. The van der Waals surface area contributed by atoms with Crippen LogP contribution in [0.3, 0.4) is 0 Å². The van der Waals surface area contributed by atoms with Crippen LogP contribution in [0.2, 0.25) is 5.02 Å². The molecule has 0 N–H and O–H groups in total. The smallest absolute Gasteiger partial charge is 0.0480 e. The summed E-state index contributed by atoms with van der Waals surface area (Å²) in [5.41, 5.74) is 4.16. The lowest BCUT2D eigenvalue weighted by Gasteiger charge is -2.31. The largest absolute Gasteiger partial charge is 0.0837 e. The number of rotatable bonds is 0. The van der Waals surface area contributed by atoms with Gasteiger partial charge in [-0.15, -0.1) is 0 Å². The predicted octanol–water partition coefficient (Wildman–Crippen LogP) is 6.23. The lowest BCUT2D eigenvalue weighted by atomic mass is 9.75. The molecule has 0 saturated heterocycles. The average Bonchev–Trinajstić information content (AvgIpc) is 2.11. The van der Waals surface area contributed by atoms with Crippen LogP contribution in [-0.4, -0.2) is 0 Å². The second-order valence-corrected chi connectivity index (χ2v) is 9.01. The summed E-state index contributed by atoms with van der Waals surface area (Å²) < 4.78 is 0. The zero-order valence-corrected chi connectivity index (χ0v) is 14.8. The molecule has 0 saturated carbocycles. The maximum atomic E-state index is 6.70. The molecule has 0 radical (unpaired) electrons. The van der Waals surface area contributed by atoms with Crippen LogP contribution in [0.25, 0.3) is 0 Å². The van der Waals surface area contributed by atoms with Gasteiger partial charge in [0.1, 0.15) is 0 Å². The number of benzene rings is 1. The first kappa shape index (κ1) is 16.6. The van der Waals surface area contributed by atoms with Crippen LogP contribution in [0.15, 0.2) is 12.1 Å². The van der Waals surface area contributed by atoms with Crippen molar-refractivity contribution in [3.63, 3.8) is 0 Å². The molecule has 0 aromatic heterocycles. The monoisotopic (exact) mass is 280 g/mol. The molecular formula is C18H29Cl. The maximum absolute atomic E-state index is 6.70. The van der Waals surface area contributed by atoms with Crippen LogP contribution in [0, 0.1) is 0 Å². The summed E-state index contributed by atoms with van der Waals surface area (Å²) >= 11 is 6.70. The van der Waals surface area contributed by atoms with Crippen molar-refractivity contribution >= 4 is 11.6 Å². The van der Waals surface area contributed by atoms with Gasteiger partial charge in [0, 0.05) is 5.02 Å². The Balaban J connectivity index is 3.68. The normalized spacial score (nSPS) is 13.8. The molecular weight excluding hydrogens is 252 g/mol. The first-order chi connectivity index (χ1) is 8.24. The van der Waals surface area contributed by atoms with Crippen molar-refractivity contribution in [1.29, 1.82) is 0 Å². The van der Waals surface area contributed by atoms with E-state index in [0.717, 1.165) is 5.02 Å². The molecule has 0 aliphatic rings. The summed E-state index contributed by atoms with van der Waals surface area (Å²) in [6.45, 7) is 20.2. The van der Waals surface area contributed by atoms with Gasteiger partial charge in [0.15, 0.2) is 0 Å². The van der Waals surface area contributed by atoms with Gasteiger partial charge in [0.25, 0.3) is 0 Å². The molecule has 108 valence electrons. The summed E-state index contributed by atoms with van der Waals surface area (Å²) in [6, 6.07) is 4.58. The van der Waals surface area contributed by atoms with Gasteiger partial charge in [-0.2, -0.15) is 0 Å². The van der Waals surface area contributed by atoms with E-state index < -0.39 is 0 Å². The third-order valence-corrected chi connectivity index (χ3v) is 3.96. The van der Waals surface area contributed by atoms with Crippen LogP contribution in [0.4, 0.5) is 0 Å². The quantitative estimate of drug-likeness (QED) is 0.528. The number of hydrogen-bond donors (Lipinski definition) is 0. The Kier molecular flexibility index (Phi) is 4.19. The van der Waals surface area contributed by atoms with Gasteiger partial charge in [-0.05, 0) is 32.9 Å². The van der Waals surface area contributed by atoms with E-state index in [1.165, 1.54) is 16.7 Å².